The first-order valence-electron chi connectivity index (χ1n) is 10.5. The van der Waals surface area contributed by atoms with E-state index in [1.165, 1.54) is 11.8 Å². The van der Waals surface area contributed by atoms with Gasteiger partial charge >= 0.3 is 0 Å². The molecule has 2 amide bonds. The third-order valence-electron chi connectivity index (χ3n) is 5.37. The summed E-state index contributed by atoms with van der Waals surface area (Å²) in [5, 5.41) is 6.83. The molecule has 4 rings (SSSR count). The maximum absolute atomic E-state index is 13.3. The molecule has 0 saturated carbocycles. The molecule has 1 atom stereocenters. The summed E-state index contributed by atoms with van der Waals surface area (Å²) < 4.78 is 5.02. The number of aromatic nitrogens is 3. The lowest BCUT2D eigenvalue weighted by molar-refractivity contribution is -0.121. The Morgan fingerprint density at radius 1 is 1.22 bits per heavy atom. The topological polar surface area (TPSA) is 101 Å². The summed E-state index contributed by atoms with van der Waals surface area (Å²) in [6.07, 6.45) is 3.18. The highest BCUT2D eigenvalue weighted by Gasteiger charge is 2.30. The summed E-state index contributed by atoms with van der Waals surface area (Å²) in [4.78, 5) is 37.3. The summed E-state index contributed by atoms with van der Waals surface area (Å²) in [5.41, 5.74) is 1.53. The lowest BCUT2D eigenvalue weighted by atomic mass is 9.96. The average molecular weight is 452 g/mol. The zero-order valence-electron chi connectivity index (χ0n) is 18.1. The fourth-order valence-electron chi connectivity index (χ4n) is 3.69. The number of thioether (sulfide) groups is 1. The maximum atomic E-state index is 13.3. The first-order chi connectivity index (χ1) is 15.5. The second-order valence-electron chi connectivity index (χ2n) is 7.76. The van der Waals surface area contributed by atoms with Crippen LogP contribution in [0.1, 0.15) is 40.5 Å². The van der Waals surface area contributed by atoms with Crippen LogP contribution in [0.4, 0.5) is 5.82 Å². The number of likely N-dealkylation sites (tertiary alicyclic amines) is 1. The maximum Gasteiger partial charge on any atom is 0.255 e. The van der Waals surface area contributed by atoms with Gasteiger partial charge in [0, 0.05) is 31.1 Å². The second-order valence-corrected chi connectivity index (χ2v) is 8.78. The smallest absolute Gasteiger partial charge is 0.255 e. The number of nitrogens with one attached hydrogen (secondary N) is 1. The normalized spacial score (nSPS) is 16.1. The molecule has 1 aliphatic rings. The molecule has 166 valence electrons. The fraction of sp³-hybridized carbons (Fsp3) is 0.348. The van der Waals surface area contributed by atoms with Gasteiger partial charge in [-0.2, -0.15) is 4.98 Å². The van der Waals surface area contributed by atoms with Gasteiger partial charge in [0.2, 0.25) is 11.8 Å². The summed E-state index contributed by atoms with van der Waals surface area (Å²) in [5.74, 6) is 1.76. The Labute approximate surface area is 190 Å². The molecule has 8 nitrogen and oxygen atoms in total. The molecule has 1 saturated heterocycles. The Bertz CT molecular complexity index is 1120. The van der Waals surface area contributed by atoms with Crippen LogP contribution in [0.2, 0.25) is 0 Å². The van der Waals surface area contributed by atoms with E-state index in [4.69, 9.17) is 4.52 Å². The number of hydrogen-bond donors (Lipinski definition) is 1. The van der Waals surface area contributed by atoms with E-state index in [1.807, 2.05) is 43.3 Å². The Kier molecular flexibility index (Phi) is 6.84. The highest BCUT2D eigenvalue weighted by Crippen LogP contribution is 2.28. The largest absolute Gasteiger partial charge is 0.340 e. The Morgan fingerprint density at radius 2 is 2.06 bits per heavy atom. The van der Waals surface area contributed by atoms with Crippen LogP contribution < -0.4 is 5.32 Å². The van der Waals surface area contributed by atoms with E-state index < -0.39 is 0 Å². The van der Waals surface area contributed by atoms with Crippen molar-refractivity contribution in [3.63, 3.8) is 0 Å². The number of carbonyl (C=O) groups excluding carboxylic acids is 2. The van der Waals surface area contributed by atoms with Crippen LogP contribution in [0.5, 0.6) is 0 Å². The SMILES string of the molecule is Cc1nc(CSc2ccccc2C(=O)N2CCCC(C(=O)Nc3ncccc3C)C2)no1. The van der Waals surface area contributed by atoms with Crippen LogP contribution in [0, 0.1) is 19.8 Å². The molecule has 1 unspecified atom stereocenters. The molecule has 3 aromatic rings. The van der Waals surface area contributed by atoms with Gasteiger partial charge in [0.1, 0.15) is 5.82 Å². The van der Waals surface area contributed by atoms with Crippen LogP contribution in [0.25, 0.3) is 0 Å². The van der Waals surface area contributed by atoms with Crippen LogP contribution in [0.3, 0.4) is 0 Å². The van der Waals surface area contributed by atoms with Gasteiger partial charge < -0.3 is 14.7 Å². The lowest BCUT2D eigenvalue weighted by Crippen LogP contribution is -2.44. The van der Waals surface area contributed by atoms with Crippen LogP contribution in [-0.4, -0.2) is 44.9 Å². The molecule has 1 aromatic carbocycles. The number of rotatable bonds is 6. The minimum Gasteiger partial charge on any atom is -0.340 e. The van der Waals surface area contributed by atoms with E-state index in [0.29, 0.717) is 41.9 Å². The predicted octanol–water partition coefficient (Wildman–Crippen LogP) is 3.86. The Hall–Kier alpha value is -3.20. The standard InChI is InChI=1S/C23H25N5O3S/c1-15-7-5-11-24-21(15)26-22(29)17-8-6-12-28(13-17)23(30)18-9-3-4-10-19(18)32-14-20-25-16(2)31-27-20/h3-5,7,9-11,17H,6,8,12-14H2,1-2H3,(H,24,26,29). The zero-order valence-corrected chi connectivity index (χ0v) is 18.9. The lowest BCUT2D eigenvalue weighted by Gasteiger charge is -2.32. The summed E-state index contributed by atoms with van der Waals surface area (Å²) in [6.45, 7) is 4.67. The Balaban J connectivity index is 1.43. The van der Waals surface area contributed by atoms with E-state index in [-0.39, 0.29) is 17.7 Å². The molecule has 0 bridgehead atoms. The molecule has 9 heteroatoms. The van der Waals surface area contributed by atoms with Crippen LogP contribution in [-0.2, 0) is 10.5 Å². The third kappa shape index (κ3) is 5.16. The predicted molar refractivity (Wildman–Crippen MR) is 121 cm³/mol. The first kappa shape index (κ1) is 22.0. The van der Waals surface area contributed by atoms with E-state index in [1.54, 1.807) is 18.0 Å². The van der Waals surface area contributed by atoms with E-state index in [0.717, 1.165) is 23.3 Å². The van der Waals surface area contributed by atoms with Crippen molar-refractivity contribution in [3.05, 3.63) is 65.4 Å². The number of aryl methyl sites for hydroxylation is 2. The van der Waals surface area contributed by atoms with Crippen molar-refractivity contribution in [1.82, 2.24) is 20.0 Å². The van der Waals surface area contributed by atoms with Crippen molar-refractivity contribution in [3.8, 4) is 0 Å². The van der Waals surface area contributed by atoms with Crippen molar-refractivity contribution < 1.29 is 14.1 Å². The number of carbonyl (C=O) groups is 2. The van der Waals surface area contributed by atoms with Gasteiger partial charge in [-0.1, -0.05) is 23.4 Å². The van der Waals surface area contributed by atoms with Gasteiger partial charge in [-0.05, 0) is 43.5 Å². The molecular formula is C23H25N5O3S. The number of hydrogen-bond acceptors (Lipinski definition) is 7. The van der Waals surface area contributed by atoms with Crippen LogP contribution >= 0.6 is 11.8 Å². The number of anilines is 1. The first-order valence-corrected chi connectivity index (χ1v) is 11.5. The quantitative estimate of drug-likeness (QED) is 0.568. The van der Waals surface area contributed by atoms with Crippen molar-refractivity contribution >= 4 is 29.4 Å². The molecule has 1 N–H and O–H groups in total. The van der Waals surface area contributed by atoms with Crippen LogP contribution in [0.15, 0.2) is 52.0 Å². The molecule has 32 heavy (non-hydrogen) atoms. The molecule has 1 fully saturated rings. The highest BCUT2D eigenvalue weighted by atomic mass is 32.2. The van der Waals surface area contributed by atoms with E-state index in [2.05, 4.69) is 20.4 Å². The summed E-state index contributed by atoms with van der Waals surface area (Å²) in [6, 6.07) is 11.2. The Morgan fingerprint density at radius 3 is 2.84 bits per heavy atom. The fourth-order valence-corrected chi connectivity index (χ4v) is 4.58. The molecule has 0 spiro atoms. The second kappa shape index (κ2) is 9.95. The van der Waals surface area contributed by atoms with Crippen molar-refractivity contribution in [2.75, 3.05) is 18.4 Å². The average Bonchev–Trinajstić information content (AvgIpc) is 3.24. The van der Waals surface area contributed by atoms with Gasteiger partial charge in [0.15, 0.2) is 5.82 Å². The molecule has 1 aliphatic heterocycles. The monoisotopic (exact) mass is 451 g/mol. The van der Waals surface area contributed by atoms with Crippen molar-refractivity contribution in [2.24, 2.45) is 5.92 Å². The van der Waals surface area contributed by atoms with Gasteiger partial charge in [0.25, 0.3) is 5.91 Å². The third-order valence-corrected chi connectivity index (χ3v) is 6.44. The number of benzene rings is 1. The van der Waals surface area contributed by atoms with Crippen molar-refractivity contribution in [2.45, 2.75) is 37.3 Å². The van der Waals surface area contributed by atoms with Gasteiger partial charge in [0.05, 0.1) is 17.2 Å². The molecular weight excluding hydrogens is 426 g/mol. The minimum atomic E-state index is -0.267. The minimum absolute atomic E-state index is 0.0658. The van der Waals surface area contributed by atoms with Gasteiger partial charge in [-0.25, -0.2) is 4.98 Å². The summed E-state index contributed by atoms with van der Waals surface area (Å²) >= 11 is 1.50. The molecule has 3 heterocycles. The zero-order chi connectivity index (χ0) is 22.5. The highest BCUT2D eigenvalue weighted by molar-refractivity contribution is 7.98. The van der Waals surface area contributed by atoms with Crippen molar-refractivity contribution in [1.29, 1.82) is 0 Å². The van der Waals surface area contributed by atoms with E-state index in [9.17, 15) is 9.59 Å². The molecule has 0 radical (unpaired) electrons. The number of piperidine rings is 1. The number of nitrogens with zero attached hydrogens (tertiary/aromatic N) is 4. The van der Waals surface area contributed by atoms with Gasteiger partial charge in [-0.3, -0.25) is 9.59 Å². The van der Waals surface area contributed by atoms with E-state index >= 15 is 0 Å². The number of amides is 2. The summed E-state index contributed by atoms with van der Waals surface area (Å²) in [7, 11) is 0. The van der Waals surface area contributed by atoms with Gasteiger partial charge in [-0.15, -0.1) is 11.8 Å². The number of pyridine rings is 1. The molecule has 0 aliphatic carbocycles. The molecule has 2 aromatic heterocycles.